The number of hydrogen-bond acceptors (Lipinski definition) is 0. The average Bonchev–Trinajstić information content (AvgIpc) is 3.89. The Hall–Kier alpha value is -7.42. The van der Waals surface area contributed by atoms with E-state index in [1.165, 1.54) is 88.5 Å². The quantitative estimate of drug-likeness (QED) is 0.137. The van der Waals surface area contributed by atoms with Crippen LogP contribution in [-0.2, 0) is 5.41 Å². The van der Waals surface area contributed by atoms with Gasteiger partial charge in [0.05, 0.1) is 22.0 Å². The molecule has 0 fully saturated rings. The molecule has 2 aromatic heterocycles. The molecular formula is C57H42N2. The maximum absolute atomic E-state index is 4.22. The van der Waals surface area contributed by atoms with E-state index in [1.54, 1.807) is 0 Å². The summed E-state index contributed by atoms with van der Waals surface area (Å²) < 4.78 is 4.83. The van der Waals surface area contributed by atoms with Gasteiger partial charge < -0.3 is 9.13 Å². The predicted octanol–water partition coefficient (Wildman–Crippen LogP) is 14.5. The molecule has 11 rings (SSSR count). The molecule has 59 heavy (non-hydrogen) atoms. The third-order valence-electron chi connectivity index (χ3n) is 12.6. The van der Waals surface area contributed by atoms with E-state index >= 15 is 0 Å². The molecule has 10 aromatic rings. The lowest BCUT2D eigenvalue weighted by atomic mass is 9.68. The molecule has 0 unspecified atom stereocenters. The van der Waals surface area contributed by atoms with Crippen molar-refractivity contribution in [1.82, 2.24) is 9.13 Å². The molecule has 0 amide bonds. The molecule has 8 aromatic carbocycles. The number of fused-ring (bicyclic) bond motifs is 7. The Morgan fingerprint density at radius 3 is 1.78 bits per heavy atom. The SMILES string of the molecule is C=CC/C(=C\c1c(C)n(-c2ccc3c(c2)-c2ccccc2C3(c2ccccc2)c2ccccc2)c2ccccc12)c1ccc2c(c1)c1ccccc1n2-c1ccccc1. The molecule has 0 saturated carbocycles. The second-order valence-electron chi connectivity index (χ2n) is 15.7. The molecule has 1 aliphatic carbocycles. The van der Waals surface area contributed by atoms with Crippen LogP contribution in [0.15, 0.2) is 213 Å². The van der Waals surface area contributed by atoms with Crippen LogP contribution in [-0.4, -0.2) is 9.13 Å². The molecule has 0 aliphatic heterocycles. The average molecular weight is 755 g/mol. The Morgan fingerprint density at radius 2 is 1.07 bits per heavy atom. The molecule has 0 bridgehead atoms. The third kappa shape index (κ3) is 5.26. The van der Waals surface area contributed by atoms with Gasteiger partial charge in [0.2, 0.25) is 0 Å². The summed E-state index contributed by atoms with van der Waals surface area (Å²) in [6.07, 6.45) is 5.19. The lowest BCUT2D eigenvalue weighted by Gasteiger charge is -2.33. The summed E-state index contributed by atoms with van der Waals surface area (Å²) in [6, 6.07) is 73.4. The lowest BCUT2D eigenvalue weighted by Crippen LogP contribution is -2.28. The van der Waals surface area contributed by atoms with E-state index in [1.807, 2.05) is 6.08 Å². The second kappa shape index (κ2) is 13.9. The second-order valence-corrected chi connectivity index (χ2v) is 15.7. The first-order valence-electron chi connectivity index (χ1n) is 20.5. The molecule has 1 aliphatic rings. The Labute approximate surface area is 345 Å². The molecule has 2 heterocycles. The van der Waals surface area contributed by atoms with Gasteiger partial charge in [0.1, 0.15) is 0 Å². The topological polar surface area (TPSA) is 9.86 Å². The third-order valence-corrected chi connectivity index (χ3v) is 12.6. The van der Waals surface area contributed by atoms with Crippen LogP contribution in [0.3, 0.4) is 0 Å². The molecule has 2 nitrogen and oxygen atoms in total. The summed E-state index contributed by atoms with van der Waals surface area (Å²) in [5.41, 5.74) is 18.1. The van der Waals surface area contributed by atoms with Gasteiger partial charge in [-0.3, -0.25) is 0 Å². The highest BCUT2D eigenvalue weighted by molar-refractivity contribution is 6.10. The summed E-state index contributed by atoms with van der Waals surface area (Å²) in [6.45, 7) is 6.49. The summed E-state index contributed by atoms with van der Waals surface area (Å²) in [5.74, 6) is 0. The van der Waals surface area contributed by atoms with Crippen LogP contribution < -0.4 is 0 Å². The summed E-state index contributed by atoms with van der Waals surface area (Å²) in [5, 5.41) is 3.73. The Balaban J connectivity index is 1.09. The van der Waals surface area contributed by atoms with Crippen LogP contribution in [0.25, 0.3) is 66.9 Å². The van der Waals surface area contributed by atoms with E-state index in [-0.39, 0.29) is 0 Å². The van der Waals surface area contributed by atoms with Crippen molar-refractivity contribution in [3.63, 3.8) is 0 Å². The normalized spacial score (nSPS) is 13.2. The minimum atomic E-state index is -0.428. The number of allylic oxidation sites excluding steroid dienone is 2. The monoisotopic (exact) mass is 754 g/mol. The summed E-state index contributed by atoms with van der Waals surface area (Å²) in [4.78, 5) is 0. The van der Waals surface area contributed by atoms with Crippen molar-refractivity contribution in [2.24, 2.45) is 0 Å². The zero-order chi connectivity index (χ0) is 39.5. The number of rotatable bonds is 8. The van der Waals surface area contributed by atoms with Crippen LogP contribution in [0.1, 0.15) is 45.5 Å². The number of nitrogens with zero attached hydrogens (tertiary/aromatic N) is 2. The van der Waals surface area contributed by atoms with E-state index in [4.69, 9.17) is 0 Å². The molecule has 0 saturated heterocycles. The first-order chi connectivity index (χ1) is 29.2. The van der Waals surface area contributed by atoms with E-state index in [2.05, 4.69) is 229 Å². The molecule has 0 N–H and O–H groups in total. The van der Waals surface area contributed by atoms with Crippen molar-refractivity contribution in [3.8, 4) is 22.5 Å². The summed E-state index contributed by atoms with van der Waals surface area (Å²) >= 11 is 0. The van der Waals surface area contributed by atoms with Crippen molar-refractivity contribution in [2.75, 3.05) is 0 Å². The van der Waals surface area contributed by atoms with Crippen LogP contribution in [0.5, 0.6) is 0 Å². The molecule has 2 heteroatoms. The number of para-hydroxylation sites is 3. The van der Waals surface area contributed by atoms with Crippen molar-refractivity contribution >= 4 is 44.4 Å². The van der Waals surface area contributed by atoms with Gasteiger partial charge in [0.25, 0.3) is 0 Å². The van der Waals surface area contributed by atoms with Crippen LogP contribution in [0.4, 0.5) is 0 Å². The fourth-order valence-corrected chi connectivity index (χ4v) is 10.1. The van der Waals surface area contributed by atoms with Crippen LogP contribution in [0.2, 0.25) is 0 Å². The zero-order valence-electron chi connectivity index (χ0n) is 33.0. The number of benzene rings is 8. The maximum atomic E-state index is 4.22. The van der Waals surface area contributed by atoms with E-state index in [0.717, 1.165) is 17.8 Å². The number of aromatic nitrogens is 2. The first-order valence-corrected chi connectivity index (χ1v) is 20.5. The largest absolute Gasteiger partial charge is 0.313 e. The van der Waals surface area contributed by atoms with Crippen LogP contribution >= 0.6 is 0 Å². The van der Waals surface area contributed by atoms with Gasteiger partial charge in [0.15, 0.2) is 0 Å². The van der Waals surface area contributed by atoms with Gasteiger partial charge in [-0.15, -0.1) is 6.58 Å². The van der Waals surface area contributed by atoms with Crippen LogP contribution in [0, 0.1) is 6.92 Å². The lowest BCUT2D eigenvalue weighted by molar-refractivity contribution is 0.768. The van der Waals surface area contributed by atoms with E-state index in [0.29, 0.717) is 0 Å². The van der Waals surface area contributed by atoms with E-state index < -0.39 is 5.41 Å². The van der Waals surface area contributed by atoms with Gasteiger partial charge in [-0.1, -0.05) is 158 Å². The predicted molar refractivity (Wildman–Crippen MR) is 249 cm³/mol. The van der Waals surface area contributed by atoms with Crippen molar-refractivity contribution in [2.45, 2.75) is 18.8 Å². The van der Waals surface area contributed by atoms with E-state index in [9.17, 15) is 0 Å². The minimum Gasteiger partial charge on any atom is -0.313 e. The molecule has 0 spiro atoms. The van der Waals surface area contributed by atoms with Gasteiger partial charge in [-0.2, -0.15) is 0 Å². The fourth-order valence-electron chi connectivity index (χ4n) is 10.1. The summed E-state index contributed by atoms with van der Waals surface area (Å²) in [7, 11) is 0. The number of hydrogen-bond donors (Lipinski definition) is 0. The molecule has 0 radical (unpaired) electrons. The first kappa shape index (κ1) is 34.8. The van der Waals surface area contributed by atoms with Gasteiger partial charge in [-0.05, 0) is 112 Å². The van der Waals surface area contributed by atoms with Crippen molar-refractivity contribution < 1.29 is 0 Å². The molecular weight excluding hydrogens is 713 g/mol. The smallest absolute Gasteiger partial charge is 0.0713 e. The highest BCUT2D eigenvalue weighted by atomic mass is 15.0. The Kier molecular flexibility index (Phi) is 8.20. The Morgan fingerprint density at radius 1 is 0.492 bits per heavy atom. The highest BCUT2D eigenvalue weighted by Crippen LogP contribution is 2.56. The standard InChI is InChI=1S/C57H42N2/c1-3-19-40(41-32-35-56-51(37-41)48-28-15-18-31-55(48)59(56)44-24-11-6-12-25-44)36-49-39(2)58(54-30-17-14-27-47(49)54)45-33-34-53-50(38-45)46-26-13-16-29-52(46)57(53,42-20-7-4-8-21-42)43-22-9-5-10-23-43/h3-18,20-38H,1,19H2,2H3/b40-36+. The Bertz CT molecular complexity index is 3210. The van der Waals surface area contributed by atoms with Gasteiger partial charge in [0, 0.05) is 38.8 Å². The minimum absolute atomic E-state index is 0.428. The van der Waals surface area contributed by atoms with Gasteiger partial charge >= 0.3 is 0 Å². The fraction of sp³-hybridized carbons (Fsp3) is 0.0526. The molecule has 0 atom stereocenters. The van der Waals surface area contributed by atoms with Gasteiger partial charge in [-0.25, -0.2) is 0 Å². The highest BCUT2D eigenvalue weighted by Gasteiger charge is 2.46. The molecule has 280 valence electrons. The zero-order valence-corrected chi connectivity index (χ0v) is 33.0. The van der Waals surface area contributed by atoms with Crippen molar-refractivity contribution in [1.29, 1.82) is 0 Å². The maximum Gasteiger partial charge on any atom is 0.0713 e. The van der Waals surface area contributed by atoms with Crippen molar-refractivity contribution in [3.05, 3.63) is 252 Å².